The number of fused-ring (bicyclic) bond motifs is 2. The van der Waals surface area contributed by atoms with Gasteiger partial charge in [0.2, 0.25) is 0 Å². The molecule has 2 aliphatic heterocycles. The van der Waals surface area contributed by atoms with Crippen molar-refractivity contribution in [1.82, 2.24) is 10.2 Å². The largest absolute Gasteiger partial charge is 0.444 e. The van der Waals surface area contributed by atoms with Crippen LogP contribution in [0.1, 0.15) is 20.8 Å². The summed E-state index contributed by atoms with van der Waals surface area (Å²) >= 11 is 0. The molecular formula is C13H24N2O3. The van der Waals surface area contributed by atoms with Gasteiger partial charge in [-0.3, -0.25) is 0 Å². The molecule has 3 atom stereocenters. The van der Waals surface area contributed by atoms with E-state index in [-0.39, 0.29) is 12.2 Å². The molecular weight excluding hydrogens is 232 g/mol. The summed E-state index contributed by atoms with van der Waals surface area (Å²) in [6.07, 6.45) is 0.0684. The Balaban J connectivity index is 1.99. The molecule has 5 nitrogen and oxygen atoms in total. The average molecular weight is 256 g/mol. The Morgan fingerprint density at radius 3 is 2.22 bits per heavy atom. The molecule has 0 aliphatic carbocycles. The smallest absolute Gasteiger partial charge is 0.410 e. The van der Waals surface area contributed by atoms with Crippen molar-refractivity contribution in [3.8, 4) is 0 Å². The summed E-state index contributed by atoms with van der Waals surface area (Å²) < 4.78 is 11.0. The van der Waals surface area contributed by atoms with Gasteiger partial charge >= 0.3 is 6.09 Å². The van der Waals surface area contributed by atoms with Gasteiger partial charge in [-0.05, 0) is 20.8 Å². The quantitative estimate of drug-likeness (QED) is 0.763. The van der Waals surface area contributed by atoms with Gasteiger partial charge in [-0.2, -0.15) is 0 Å². The minimum atomic E-state index is -0.428. The predicted molar refractivity (Wildman–Crippen MR) is 68.5 cm³/mol. The zero-order valence-corrected chi connectivity index (χ0v) is 11.7. The highest BCUT2D eigenvalue weighted by Crippen LogP contribution is 2.28. The van der Waals surface area contributed by atoms with E-state index in [1.54, 1.807) is 7.11 Å². The molecule has 0 spiro atoms. The van der Waals surface area contributed by atoms with Crippen molar-refractivity contribution in [3.05, 3.63) is 0 Å². The maximum atomic E-state index is 12.1. The number of rotatable bonds is 1. The number of hydrogen-bond donors (Lipinski definition) is 1. The number of nitrogens with one attached hydrogen (secondary N) is 1. The van der Waals surface area contributed by atoms with Gasteiger partial charge in [0.05, 0.1) is 6.10 Å². The third-order valence-electron chi connectivity index (χ3n) is 3.58. The molecule has 0 aromatic heterocycles. The van der Waals surface area contributed by atoms with Gasteiger partial charge in [-0.1, -0.05) is 0 Å². The summed E-state index contributed by atoms with van der Waals surface area (Å²) in [6, 6.07) is 0. The Kier molecular flexibility index (Phi) is 3.82. The SMILES string of the molecule is COC1[C@@H]2CNC[C@H]1CN(C(=O)OC(C)(C)C)C2. The van der Waals surface area contributed by atoms with E-state index in [1.165, 1.54) is 0 Å². The van der Waals surface area contributed by atoms with E-state index in [2.05, 4.69) is 5.32 Å². The highest BCUT2D eigenvalue weighted by Gasteiger charge is 2.42. The van der Waals surface area contributed by atoms with Gasteiger partial charge in [0.1, 0.15) is 5.60 Å². The fourth-order valence-corrected chi connectivity index (χ4v) is 2.91. The lowest BCUT2D eigenvalue weighted by molar-refractivity contribution is -0.0684. The van der Waals surface area contributed by atoms with E-state index in [4.69, 9.17) is 9.47 Å². The number of ether oxygens (including phenoxy) is 2. The van der Waals surface area contributed by atoms with E-state index in [0.29, 0.717) is 11.8 Å². The minimum Gasteiger partial charge on any atom is -0.444 e. The molecule has 18 heavy (non-hydrogen) atoms. The summed E-state index contributed by atoms with van der Waals surface area (Å²) in [4.78, 5) is 13.9. The van der Waals surface area contributed by atoms with Crippen LogP contribution in [-0.2, 0) is 9.47 Å². The molecule has 1 N–H and O–H groups in total. The second-order valence-electron chi connectivity index (χ2n) is 6.26. The Labute approximate surface area is 109 Å². The number of amides is 1. The first-order valence-corrected chi connectivity index (χ1v) is 6.62. The van der Waals surface area contributed by atoms with Crippen molar-refractivity contribution in [2.75, 3.05) is 33.3 Å². The van der Waals surface area contributed by atoms with E-state index in [0.717, 1.165) is 26.2 Å². The first-order chi connectivity index (χ1) is 8.40. The van der Waals surface area contributed by atoms with E-state index < -0.39 is 5.60 Å². The molecule has 2 rings (SSSR count). The van der Waals surface area contributed by atoms with Crippen LogP contribution < -0.4 is 5.32 Å². The molecule has 2 heterocycles. The van der Waals surface area contributed by atoms with Gasteiger partial charge in [-0.15, -0.1) is 0 Å². The molecule has 0 aromatic rings. The van der Waals surface area contributed by atoms with Crippen molar-refractivity contribution in [3.63, 3.8) is 0 Å². The van der Waals surface area contributed by atoms with Crippen molar-refractivity contribution >= 4 is 6.09 Å². The number of carbonyl (C=O) groups excluding carboxylic acids is 1. The van der Waals surface area contributed by atoms with Gasteiger partial charge in [0, 0.05) is 45.1 Å². The van der Waals surface area contributed by atoms with Crippen LogP contribution in [0.5, 0.6) is 0 Å². The number of hydrogen-bond acceptors (Lipinski definition) is 4. The van der Waals surface area contributed by atoms with Gasteiger partial charge in [0.25, 0.3) is 0 Å². The Morgan fingerprint density at radius 2 is 1.78 bits per heavy atom. The number of methoxy groups -OCH3 is 1. The number of carbonyl (C=O) groups is 1. The molecule has 5 heteroatoms. The Hall–Kier alpha value is -0.810. The van der Waals surface area contributed by atoms with Gasteiger partial charge < -0.3 is 19.7 Å². The number of piperidine rings is 2. The first kappa shape index (κ1) is 13.6. The molecule has 1 unspecified atom stereocenters. The maximum absolute atomic E-state index is 12.1. The third-order valence-corrected chi connectivity index (χ3v) is 3.58. The second-order valence-corrected chi connectivity index (χ2v) is 6.26. The molecule has 1 amide bonds. The van der Waals surface area contributed by atoms with Crippen LogP contribution in [0.4, 0.5) is 4.79 Å². The van der Waals surface area contributed by atoms with Gasteiger partial charge in [0.15, 0.2) is 0 Å². The van der Waals surface area contributed by atoms with Crippen LogP contribution in [0.25, 0.3) is 0 Å². The Morgan fingerprint density at radius 1 is 1.22 bits per heavy atom. The lowest BCUT2D eigenvalue weighted by Crippen LogP contribution is -2.61. The van der Waals surface area contributed by atoms with Crippen molar-refractivity contribution < 1.29 is 14.3 Å². The van der Waals surface area contributed by atoms with Crippen LogP contribution in [0.15, 0.2) is 0 Å². The van der Waals surface area contributed by atoms with Crippen molar-refractivity contribution in [2.45, 2.75) is 32.5 Å². The van der Waals surface area contributed by atoms with Crippen molar-refractivity contribution in [2.24, 2.45) is 11.8 Å². The highest BCUT2D eigenvalue weighted by molar-refractivity contribution is 5.68. The minimum absolute atomic E-state index is 0.200. The summed E-state index contributed by atoms with van der Waals surface area (Å²) in [6.45, 7) is 8.95. The molecule has 2 fully saturated rings. The first-order valence-electron chi connectivity index (χ1n) is 6.62. The summed E-state index contributed by atoms with van der Waals surface area (Å²) in [5.41, 5.74) is -0.428. The Bertz CT molecular complexity index is 300. The van der Waals surface area contributed by atoms with E-state index in [1.807, 2.05) is 25.7 Å². The van der Waals surface area contributed by atoms with E-state index in [9.17, 15) is 4.79 Å². The van der Waals surface area contributed by atoms with Crippen LogP contribution in [-0.4, -0.2) is 56.0 Å². The molecule has 0 saturated carbocycles. The number of nitrogens with zero attached hydrogens (tertiary/aromatic N) is 1. The zero-order chi connectivity index (χ0) is 13.3. The zero-order valence-electron chi connectivity index (χ0n) is 11.7. The third kappa shape index (κ3) is 2.95. The average Bonchev–Trinajstić information content (AvgIpc) is 2.24. The normalized spacial score (nSPS) is 32.2. The van der Waals surface area contributed by atoms with E-state index >= 15 is 0 Å². The van der Waals surface area contributed by atoms with Crippen LogP contribution in [0.3, 0.4) is 0 Å². The summed E-state index contributed by atoms with van der Waals surface area (Å²) in [7, 11) is 1.76. The monoisotopic (exact) mass is 256 g/mol. The molecule has 0 aromatic carbocycles. The van der Waals surface area contributed by atoms with Crippen molar-refractivity contribution in [1.29, 1.82) is 0 Å². The highest BCUT2D eigenvalue weighted by atomic mass is 16.6. The number of likely N-dealkylation sites (tertiary alicyclic amines) is 1. The van der Waals surface area contributed by atoms with Crippen LogP contribution in [0, 0.1) is 11.8 Å². The van der Waals surface area contributed by atoms with Crippen LogP contribution in [0.2, 0.25) is 0 Å². The fraction of sp³-hybridized carbons (Fsp3) is 0.923. The topological polar surface area (TPSA) is 50.8 Å². The van der Waals surface area contributed by atoms with Crippen LogP contribution >= 0.6 is 0 Å². The maximum Gasteiger partial charge on any atom is 0.410 e. The molecule has 0 radical (unpaired) electrons. The second kappa shape index (κ2) is 5.05. The molecule has 104 valence electrons. The predicted octanol–water partition coefficient (Wildman–Crippen LogP) is 1.09. The molecule has 2 bridgehead atoms. The fourth-order valence-electron chi connectivity index (χ4n) is 2.91. The lowest BCUT2D eigenvalue weighted by Gasteiger charge is -2.46. The standard InChI is InChI=1S/C13H24N2O3/c1-13(2,3)18-12(16)15-7-9-5-14-6-10(8-15)11(9)17-4/h9-11,14H,5-8H2,1-4H3/t9-,10+,11?. The van der Waals surface area contributed by atoms with Gasteiger partial charge in [-0.25, -0.2) is 4.79 Å². The summed E-state index contributed by atoms with van der Waals surface area (Å²) in [5.74, 6) is 0.741. The molecule has 2 aliphatic rings. The lowest BCUT2D eigenvalue weighted by atomic mass is 9.82. The summed E-state index contributed by atoms with van der Waals surface area (Å²) in [5, 5.41) is 3.40. The molecule has 2 saturated heterocycles.